The lowest BCUT2D eigenvalue weighted by Crippen LogP contribution is -2.66. The zero-order chi connectivity index (χ0) is 17.6. The van der Waals surface area contributed by atoms with Gasteiger partial charge in [0.05, 0.1) is 27.5 Å². The van der Waals surface area contributed by atoms with Crippen molar-refractivity contribution in [2.45, 2.75) is 70.9 Å². The number of carbonyl (C=O) groups excluding carboxylic acids is 2. The maximum atomic E-state index is 13.2. The van der Waals surface area contributed by atoms with Crippen LogP contribution in [-0.2, 0) is 9.59 Å². The van der Waals surface area contributed by atoms with Crippen LogP contribution < -0.4 is 0 Å². The van der Waals surface area contributed by atoms with Crippen molar-refractivity contribution in [1.82, 2.24) is 14.8 Å². The van der Waals surface area contributed by atoms with Crippen molar-refractivity contribution in [2.24, 2.45) is 5.41 Å². The Labute approximate surface area is 153 Å². The van der Waals surface area contributed by atoms with E-state index in [4.69, 9.17) is 0 Å². The predicted octanol–water partition coefficient (Wildman–Crippen LogP) is 3.30. The van der Waals surface area contributed by atoms with Crippen LogP contribution in [-0.4, -0.2) is 45.7 Å². The molecule has 2 amide bonds. The zero-order valence-corrected chi connectivity index (χ0v) is 16.0. The quantitative estimate of drug-likeness (QED) is 0.776. The van der Waals surface area contributed by atoms with E-state index in [1.807, 2.05) is 17.3 Å². The minimum atomic E-state index is -0.159. The Kier molecular flexibility index (Phi) is 4.34. The van der Waals surface area contributed by atoms with Gasteiger partial charge in [-0.2, -0.15) is 0 Å². The molecule has 3 heterocycles. The summed E-state index contributed by atoms with van der Waals surface area (Å²) in [6.45, 7) is 5.54. The first-order chi connectivity index (χ1) is 12.1. The van der Waals surface area contributed by atoms with Crippen LogP contribution in [0.4, 0.5) is 0 Å². The molecule has 1 atom stereocenters. The van der Waals surface area contributed by atoms with Gasteiger partial charge in [-0.05, 0) is 32.6 Å². The highest BCUT2D eigenvalue weighted by molar-refractivity contribution is 7.09. The summed E-state index contributed by atoms with van der Waals surface area (Å²) in [7, 11) is 0. The third kappa shape index (κ3) is 2.52. The molecular weight excluding hydrogens is 334 g/mol. The Morgan fingerprint density at radius 2 is 2.00 bits per heavy atom. The van der Waals surface area contributed by atoms with Gasteiger partial charge in [-0.15, -0.1) is 11.3 Å². The largest absolute Gasteiger partial charge is 0.343 e. The molecule has 136 valence electrons. The van der Waals surface area contributed by atoms with E-state index in [-0.39, 0.29) is 23.4 Å². The molecule has 2 aliphatic heterocycles. The van der Waals surface area contributed by atoms with Gasteiger partial charge < -0.3 is 9.80 Å². The van der Waals surface area contributed by atoms with E-state index in [0.29, 0.717) is 12.3 Å². The Balaban J connectivity index is 1.56. The Hall–Kier alpha value is -1.43. The second-order valence-electron chi connectivity index (χ2n) is 7.75. The molecule has 0 bridgehead atoms. The summed E-state index contributed by atoms with van der Waals surface area (Å²) in [4.78, 5) is 35.0. The molecule has 1 saturated carbocycles. The van der Waals surface area contributed by atoms with Gasteiger partial charge in [0.25, 0.3) is 0 Å². The van der Waals surface area contributed by atoms with E-state index in [0.717, 1.165) is 57.3 Å². The molecule has 1 aromatic rings. The lowest BCUT2D eigenvalue weighted by molar-refractivity contribution is -0.180. The van der Waals surface area contributed by atoms with Crippen LogP contribution >= 0.6 is 11.3 Å². The highest BCUT2D eigenvalue weighted by Crippen LogP contribution is 2.61. The topological polar surface area (TPSA) is 53.5 Å². The van der Waals surface area contributed by atoms with E-state index >= 15 is 0 Å². The molecule has 2 saturated heterocycles. The summed E-state index contributed by atoms with van der Waals surface area (Å²) in [5.41, 5.74) is 2.84. The Bertz CT molecular complexity index is 672. The Morgan fingerprint density at radius 1 is 1.32 bits per heavy atom. The number of β-lactam (4-membered cyclic amide) rings is 1. The van der Waals surface area contributed by atoms with Crippen LogP contribution in [0.5, 0.6) is 0 Å². The van der Waals surface area contributed by atoms with Crippen LogP contribution in [0.3, 0.4) is 0 Å². The number of aromatic nitrogens is 1. The van der Waals surface area contributed by atoms with Gasteiger partial charge in [0.15, 0.2) is 0 Å². The second-order valence-corrected chi connectivity index (χ2v) is 8.63. The molecule has 1 aliphatic carbocycles. The molecule has 0 radical (unpaired) electrons. The molecule has 4 rings (SSSR count). The highest BCUT2D eigenvalue weighted by atomic mass is 32.1. The third-order valence-electron chi connectivity index (χ3n) is 6.50. The van der Waals surface area contributed by atoms with E-state index < -0.39 is 0 Å². The summed E-state index contributed by atoms with van der Waals surface area (Å²) < 4.78 is 0. The average Bonchev–Trinajstić information content (AvgIpc) is 3.29. The lowest BCUT2D eigenvalue weighted by atomic mass is 9.67. The van der Waals surface area contributed by atoms with Crippen molar-refractivity contribution in [3.8, 4) is 0 Å². The number of thiazole rings is 1. The second kappa shape index (κ2) is 6.38. The van der Waals surface area contributed by atoms with Crippen molar-refractivity contribution >= 4 is 23.2 Å². The fourth-order valence-electron chi connectivity index (χ4n) is 5.13. The van der Waals surface area contributed by atoms with E-state index in [1.165, 1.54) is 4.88 Å². The molecule has 3 fully saturated rings. The first-order valence-electron chi connectivity index (χ1n) is 9.59. The smallest absolute Gasteiger partial charge is 0.232 e. The van der Waals surface area contributed by atoms with E-state index in [2.05, 4.69) is 16.8 Å². The number of hydrogen-bond donors (Lipinski definition) is 0. The molecule has 1 spiro atoms. The highest BCUT2D eigenvalue weighted by Gasteiger charge is 2.63. The zero-order valence-electron chi connectivity index (χ0n) is 15.2. The number of piperidine rings is 1. The molecule has 0 aromatic carbocycles. The minimum absolute atomic E-state index is 0.159. The molecule has 0 N–H and O–H groups in total. The van der Waals surface area contributed by atoms with E-state index in [9.17, 15) is 9.59 Å². The van der Waals surface area contributed by atoms with Gasteiger partial charge in [-0.3, -0.25) is 9.59 Å². The van der Waals surface area contributed by atoms with Crippen molar-refractivity contribution < 1.29 is 9.59 Å². The number of rotatable bonds is 3. The standard InChI is InChI=1S/C19H27N3O2S/c1-3-15(23)21-10-6-14(7-11-21)22-17(16-13(2)20-12-25-16)19(18(22)24)8-4-5-9-19/h12,14,17H,3-11H2,1-2H3. The lowest BCUT2D eigenvalue weighted by Gasteiger charge is -2.58. The maximum absolute atomic E-state index is 13.2. The van der Waals surface area contributed by atoms with Gasteiger partial charge in [0, 0.05) is 25.6 Å². The van der Waals surface area contributed by atoms with Crippen molar-refractivity contribution in [3.05, 3.63) is 16.1 Å². The normalized spacial score (nSPS) is 26.3. The summed E-state index contributed by atoms with van der Waals surface area (Å²) in [5.74, 6) is 0.596. The third-order valence-corrected chi connectivity index (χ3v) is 7.49. The van der Waals surface area contributed by atoms with Gasteiger partial charge in [-0.1, -0.05) is 19.8 Å². The van der Waals surface area contributed by atoms with Gasteiger partial charge in [0.2, 0.25) is 11.8 Å². The van der Waals surface area contributed by atoms with Crippen molar-refractivity contribution in [2.75, 3.05) is 13.1 Å². The summed E-state index contributed by atoms with van der Waals surface area (Å²) in [6.07, 6.45) is 6.76. The molecule has 6 heteroatoms. The molecule has 1 aromatic heterocycles. The Morgan fingerprint density at radius 3 is 2.56 bits per heavy atom. The summed E-state index contributed by atoms with van der Waals surface area (Å²) in [5, 5.41) is 0. The van der Waals surface area contributed by atoms with E-state index in [1.54, 1.807) is 11.3 Å². The van der Waals surface area contributed by atoms with Gasteiger partial charge in [-0.25, -0.2) is 4.98 Å². The molecule has 25 heavy (non-hydrogen) atoms. The van der Waals surface area contributed by atoms with Crippen molar-refractivity contribution in [3.63, 3.8) is 0 Å². The fourth-order valence-corrected chi connectivity index (χ4v) is 6.14. The maximum Gasteiger partial charge on any atom is 0.232 e. The molecule has 5 nitrogen and oxygen atoms in total. The fraction of sp³-hybridized carbons (Fsp3) is 0.737. The number of likely N-dealkylation sites (tertiary alicyclic amines) is 2. The predicted molar refractivity (Wildman–Crippen MR) is 97.2 cm³/mol. The number of hydrogen-bond acceptors (Lipinski definition) is 4. The first-order valence-corrected chi connectivity index (χ1v) is 10.5. The van der Waals surface area contributed by atoms with Crippen LogP contribution in [0.25, 0.3) is 0 Å². The van der Waals surface area contributed by atoms with Crippen LogP contribution in [0.2, 0.25) is 0 Å². The van der Waals surface area contributed by atoms with Crippen LogP contribution in [0.15, 0.2) is 5.51 Å². The average molecular weight is 362 g/mol. The minimum Gasteiger partial charge on any atom is -0.343 e. The molecule has 3 aliphatic rings. The first kappa shape index (κ1) is 17.0. The van der Waals surface area contributed by atoms with Gasteiger partial charge >= 0.3 is 0 Å². The van der Waals surface area contributed by atoms with Crippen LogP contribution in [0.1, 0.15) is 68.5 Å². The monoisotopic (exact) mass is 361 g/mol. The SMILES string of the molecule is CCC(=O)N1CCC(N2C(=O)C3(CCCC3)C2c2scnc2C)CC1. The molecular formula is C19H27N3O2S. The van der Waals surface area contributed by atoms with Crippen molar-refractivity contribution in [1.29, 1.82) is 0 Å². The number of carbonyl (C=O) groups is 2. The summed E-state index contributed by atoms with van der Waals surface area (Å²) >= 11 is 1.70. The number of aryl methyl sites for hydroxylation is 1. The van der Waals surface area contributed by atoms with Gasteiger partial charge in [0.1, 0.15) is 0 Å². The van der Waals surface area contributed by atoms with Crippen LogP contribution in [0, 0.1) is 12.3 Å². The summed E-state index contributed by atoms with van der Waals surface area (Å²) in [6, 6.07) is 0.486. The molecule has 1 unspecified atom stereocenters. The number of nitrogens with zero attached hydrogens (tertiary/aromatic N) is 3. The number of amides is 2.